The fourth-order valence-electron chi connectivity index (χ4n) is 0.966. The Kier molecular flexibility index (Phi) is 4.52. The minimum absolute atomic E-state index is 0.766. The van der Waals surface area contributed by atoms with Gasteiger partial charge >= 0.3 is 0 Å². The number of benzene rings is 1. The molecule has 2 nitrogen and oxygen atoms in total. The van der Waals surface area contributed by atoms with E-state index in [9.17, 15) is 4.21 Å². The maximum atomic E-state index is 11.6. The van der Waals surface area contributed by atoms with Crippen molar-refractivity contribution in [3.63, 3.8) is 0 Å². The number of hydrogen-bond acceptors (Lipinski definition) is 2. The van der Waals surface area contributed by atoms with Crippen molar-refractivity contribution in [3.05, 3.63) is 53.5 Å². The Balaban J connectivity index is 2.70. The van der Waals surface area contributed by atoms with Gasteiger partial charge in [-0.15, -0.1) is 0 Å². The number of allylic oxidation sites excluding steroid dienone is 3. The van der Waals surface area contributed by atoms with Gasteiger partial charge in [-0.2, -0.15) is 5.26 Å². The lowest BCUT2D eigenvalue weighted by Crippen LogP contribution is -1.85. The molecule has 1 atom stereocenters. The van der Waals surface area contributed by atoms with Crippen LogP contribution in [-0.4, -0.2) is 4.21 Å². The molecule has 0 amide bonds. The Labute approximate surface area is 92.0 Å². The van der Waals surface area contributed by atoms with Crippen molar-refractivity contribution in [3.8, 4) is 6.07 Å². The SMILES string of the molecule is Cc1ccc(S(=O)/C=C/C=C/C#N)cc1. The van der Waals surface area contributed by atoms with E-state index in [1.54, 1.807) is 17.6 Å². The first kappa shape index (κ1) is 11.4. The monoisotopic (exact) mass is 217 g/mol. The third-order valence-electron chi connectivity index (χ3n) is 1.74. The first-order valence-corrected chi connectivity index (χ1v) is 5.65. The van der Waals surface area contributed by atoms with Crippen LogP contribution in [-0.2, 0) is 10.8 Å². The highest BCUT2D eigenvalue weighted by Crippen LogP contribution is 2.08. The zero-order chi connectivity index (χ0) is 11.1. The van der Waals surface area contributed by atoms with Gasteiger partial charge in [-0.1, -0.05) is 29.8 Å². The fourth-order valence-corrected chi connectivity index (χ4v) is 1.76. The van der Waals surface area contributed by atoms with Crippen LogP contribution in [0.15, 0.2) is 52.8 Å². The summed E-state index contributed by atoms with van der Waals surface area (Å²) in [6.45, 7) is 1.98. The van der Waals surface area contributed by atoms with E-state index in [1.807, 2.05) is 37.3 Å². The highest BCUT2D eigenvalue weighted by Gasteiger charge is 1.97. The molecule has 0 spiro atoms. The van der Waals surface area contributed by atoms with Crippen molar-refractivity contribution in [1.29, 1.82) is 5.26 Å². The number of nitrogens with zero attached hydrogens (tertiary/aromatic N) is 1. The van der Waals surface area contributed by atoms with Crippen LogP contribution in [0.5, 0.6) is 0 Å². The van der Waals surface area contributed by atoms with E-state index in [0.717, 1.165) is 10.5 Å². The summed E-state index contributed by atoms with van der Waals surface area (Å²) in [4.78, 5) is 0.766. The largest absolute Gasteiger partial charge is 0.250 e. The average Bonchev–Trinajstić information content (AvgIpc) is 2.25. The number of hydrogen-bond donors (Lipinski definition) is 0. The molecule has 0 radical (unpaired) electrons. The predicted molar refractivity (Wildman–Crippen MR) is 61.5 cm³/mol. The quantitative estimate of drug-likeness (QED) is 0.577. The zero-order valence-electron chi connectivity index (χ0n) is 8.38. The lowest BCUT2D eigenvalue weighted by atomic mass is 10.2. The van der Waals surface area contributed by atoms with Gasteiger partial charge in [-0.3, -0.25) is 0 Å². The van der Waals surface area contributed by atoms with Gasteiger partial charge < -0.3 is 0 Å². The molecular weight excluding hydrogens is 206 g/mol. The van der Waals surface area contributed by atoms with Gasteiger partial charge in [-0.05, 0) is 19.1 Å². The molecule has 0 aliphatic heterocycles. The Hall–Kier alpha value is -1.66. The number of nitriles is 1. The fraction of sp³-hybridized carbons (Fsp3) is 0.0833. The van der Waals surface area contributed by atoms with Crippen molar-refractivity contribution < 1.29 is 4.21 Å². The average molecular weight is 217 g/mol. The first-order chi connectivity index (χ1) is 7.24. The van der Waals surface area contributed by atoms with Crippen LogP contribution in [0.3, 0.4) is 0 Å². The molecule has 0 fully saturated rings. The summed E-state index contributed by atoms with van der Waals surface area (Å²) >= 11 is 0. The van der Waals surface area contributed by atoms with Gasteiger partial charge in [-0.25, -0.2) is 4.21 Å². The molecule has 0 aliphatic carbocycles. The maximum absolute atomic E-state index is 11.6. The molecule has 0 aromatic heterocycles. The molecular formula is C12H11NOS. The van der Waals surface area contributed by atoms with Gasteiger partial charge in [0, 0.05) is 16.4 Å². The molecule has 1 aromatic carbocycles. The molecule has 0 saturated carbocycles. The topological polar surface area (TPSA) is 40.9 Å². The van der Waals surface area contributed by atoms with Crippen LogP contribution >= 0.6 is 0 Å². The molecule has 3 heteroatoms. The van der Waals surface area contributed by atoms with Gasteiger partial charge in [0.1, 0.15) is 0 Å². The molecule has 15 heavy (non-hydrogen) atoms. The minimum Gasteiger partial charge on any atom is -0.250 e. The summed E-state index contributed by atoms with van der Waals surface area (Å²) < 4.78 is 11.6. The Morgan fingerprint density at radius 3 is 2.53 bits per heavy atom. The standard InChI is InChI=1S/C12H11NOS/c1-11-5-7-12(8-6-11)15(14)10-4-2-3-9-13/h2-8,10H,1H3/b3-2+,10-4+. The van der Waals surface area contributed by atoms with E-state index < -0.39 is 10.8 Å². The Morgan fingerprint density at radius 2 is 1.93 bits per heavy atom. The highest BCUT2D eigenvalue weighted by molar-refractivity contribution is 7.88. The van der Waals surface area contributed by atoms with Gasteiger partial charge in [0.25, 0.3) is 0 Å². The van der Waals surface area contributed by atoms with Crippen molar-refractivity contribution in [2.75, 3.05) is 0 Å². The highest BCUT2D eigenvalue weighted by atomic mass is 32.2. The van der Waals surface area contributed by atoms with Crippen LogP contribution in [0.1, 0.15) is 5.56 Å². The molecule has 0 heterocycles. The second-order valence-electron chi connectivity index (χ2n) is 2.93. The molecule has 1 aromatic rings. The maximum Gasteiger partial charge on any atom is 0.0912 e. The molecule has 0 N–H and O–H groups in total. The van der Waals surface area contributed by atoms with E-state index in [2.05, 4.69) is 0 Å². The van der Waals surface area contributed by atoms with Crippen LogP contribution in [0.25, 0.3) is 0 Å². The third-order valence-corrected chi connectivity index (χ3v) is 2.88. The van der Waals surface area contributed by atoms with Crippen molar-refractivity contribution in [2.45, 2.75) is 11.8 Å². The van der Waals surface area contributed by atoms with Gasteiger partial charge in [0.15, 0.2) is 0 Å². The molecule has 0 bridgehead atoms. The van der Waals surface area contributed by atoms with Gasteiger partial charge in [0.2, 0.25) is 0 Å². The minimum atomic E-state index is -1.14. The summed E-state index contributed by atoms with van der Waals surface area (Å²) in [6, 6.07) is 9.38. The van der Waals surface area contributed by atoms with Crippen molar-refractivity contribution >= 4 is 10.8 Å². The van der Waals surface area contributed by atoms with Crippen LogP contribution in [0.2, 0.25) is 0 Å². The second kappa shape index (κ2) is 5.94. The first-order valence-electron chi connectivity index (χ1n) is 4.44. The van der Waals surface area contributed by atoms with E-state index in [4.69, 9.17) is 5.26 Å². The van der Waals surface area contributed by atoms with Gasteiger partial charge in [0.05, 0.1) is 16.9 Å². The smallest absolute Gasteiger partial charge is 0.0912 e. The number of aryl methyl sites for hydroxylation is 1. The van der Waals surface area contributed by atoms with Crippen LogP contribution in [0.4, 0.5) is 0 Å². The Morgan fingerprint density at radius 1 is 1.27 bits per heavy atom. The van der Waals surface area contributed by atoms with E-state index in [1.165, 1.54) is 6.08 Å². The summed E-state index contributed by atoms with van der Waals surface area (Å²) in [5, 5.41) is 9.79. The predicted octanol–water partition coefficient (Wildman–Crippen LogP) is 2.70. The van der Waals surface area contributed by atoms with Crippen LogP contribution < -0.4 is 0 Å². The number of rotatable bonds is 3. The zero-order valence-corrected chi connectivity index (χ0v) is 9.20. The summed E-state index contributed by atoms with van der Waals surface area (Å²) in [5.41, 5.74) is 1.14. The van der Waals surface area contributed by atoms with Crippen molar-refractivity contribution in [2.24, 2.45) is 0 Å². The van der Waals surface area contributed by atoms with Crippen molar-refractivity contribution in [1.82, 2.24) is 0 Å². The molecule has 76 valence electrons. The van der Waals surface area contributed by atoms with Crippen LogP contribution in [0, 0.1) is 18.3 Å². The molecule has 0 aliphatic rings. The molecule has 1 unspecified atom stereocenters. The summed E-state index contributed by atoms with van der Waals surface area (Å²) in [6.07, 6.45) is 4.51. The lowest BCUT2D eigenvalue weighted by Gasteiger charge is -1.96. The second-order valence-corrected chi connectivity index (χ2v) is 4.27. The van der Waals surface area contributed by atoms with E-state index >= 15 is 0 Å². The lowest BCUT2D eigenvalue weighted by molar-refractivity contribution is 0.688. The normalized spacial score (nSPS) is 13.1. The third kappa shape index (κ3) is 3.92. The van der Waals surface area contributed by atoms with E-state index in [-0.39, 0.29) is 0 Å². The van der Waals surface area contributed by atoms with E-state index in [0.29, 0.717) is 0 Å². The summed E-state index contributed by atoms with van der Waals surface area (Å²) in [7, 11) is -1.14. The molecule has 0 saturated heterocycles. The summed E-state index contributed by atoms with van der Waals surface area (Å²) in [5.74, 6) is 0. The Bertz CT molecular complexity index is 438. The molecule has 1 rings (SSSR count).